The van der Waals surface area contributed by atoms with E-state index in [1.165, 1.54) is 16.3 Å². The van der Waals surface area contributed by atoms with Crippen molar-refractivity contribution in [1.29, 1.82) is 0 Å². The van der Waals surface area contributed by atoms with Gasteiger partial charge in [-0.1, -0.05) is 39.0 Å². The summed E-state index contributed by atoms with van der Waals surface area (Å²) in [6.07, 6.45) is 4.94. The van der Waals surface area contributed by atoms with Gasteiger partial charge >= 0.3 is 0 Å². The van der Waals surface area contributed by atoms with Crippen LogP contribution in [0.2, 0.25) is 0 Å². The second-order valence-corrected chi connectivity index (χ2v) is 7.49. The summed E-state index contributed by atoms with van der Waals surface area (Å²) >= 11 is 0. The van der Waals surface area contributed by atoms with Crippen LogP contribution >= 0.6 is 0 Å². The normalized spacial score (nSPS) is 12.8. The van der Waals surface area contributed by atoms with Gasteiger partial charge in [0.05, 0.1) is 0 Å². The number of rotatable bonds is 4. The Morgan fingerprint density at radius 1 is 1.05 bits per heavy atom. The summed E-state index contributed by atoms with van der Waals surface area (Å²) in [5, 5.41) is 6.21. The van der Waals surface area contributed by atoms with Crippen LogP contribution in [0.15, 0.2) is 36.7 Å². The maximum absolute atomic E-state index is 4.19. The molecule has 20 heavy (non-hydrogen) atoms. The van der Waals surface area contributed by atoms with Crippen molar-refractivity contribution < 1.29 is 0 Å². The second kappa shape index (κ2) is 5.53. The minimum atomic E-state index is 0.132. The molecule has 0 amide bonds. The van der Waals surface area contributed by atoms with Crippen molar-refractivity contribution in [2.24, 2.45) is 5.41 Å². The van der Waals surface area contributed by atoms with Crippen molar-refractivity contribution in [3.8, 4) is 0 Å². The Morgan fingerprint density at radius 3 is 2.50 bits per heavy atom. The van der Waals surface area contributed by atoms with Crippen molar-refractivity contribution in [1.82, 2.24) is 10.3 Å². The highest BCUT2D eigenvalue weighted by Crippen LogP contribution is 2.27. The first kappa shape index (κ1) is 15.0. The van der Waals surface area contributed by atoms with Crippen LogP contribution in [0.3, 0.4) is 0 Å². The first-order valence-electron chi connectivity index (χ1n) is 7.34. The van der Waals surface area contributed by atoms with Crippen LogP contribution in [0.1, 0.15) is 46.6 Å². The lowest BCUT2D eigenvalue weighted by Gasteiger charge is -2.33. The molecule has 0 aliphatic heterocycles. The van der Waals surface area contributed by atoms with E-state index in [1.54, 1.807) is 0 Å². The zero-order chi connectivity index (χ0) is 14.8. The number of fused-ring (bicyclic) bond motifs is 1. The number of pyridine rings is 1. The molecule has 1 aromatic carbocycles. The van der Waals surface area contributed by atoms with Gasteiger partial charge in [0.15, 0.2) is 0 Å². The molecule has 2 nitrogen and oxygen atoms in total. The van der Waals surface area contributed by atoms with Gasteiger partial charge in [0.2, 0.25) is 0 Å². The molecular weight excluding hydrogens is 244 g/mol. The SMILES string of the molecule is CC(C)(C)CC(C)(C)NCc1cccc2cnccc12. The summed E-state index contributed by atoms with van der Waals surface area (Å²) in [6, 6.07) is 8.52. The molecule has 0 bridgehead atoms. The summed E-state index contributed by atoms with van der Waals surface area (Å²) in [5.41, 5.74) is 1.80. The van der Waals surface area contributed by atoms with Crippen molar-refractivity contribution in [2.45, 2.75) is 53.1 Å². The summed E-state index contributed by atoms with van der Waals surface area (Å²) in [5.74, 6) is 0. The van der Waals surface area contributed by atoms with E-state index < -0.39 is 0 Å². The Balaban J connectivity index is 2.13. The van der Waals surface area contributed by atoms with E-state index in [1.807, 2.05) is 12.4 Å². The molecule has 1 aromatic heterocycles. The minimum Gasteiger partial charge on any atom is -0.308 e. The fourth-order valence-corrected chi connectivity index (χ4v) is 3.07. The molecule has 2 heteroatoms. The lowest BCUT2D eigenvalue weighted by molar-refractivity contribution is 0.241. The van der Waals surface area contributed by atoms with Gasteiger partial charge in [0, 0.05) is 29.9 Å². The molecule has 1 heterocycles. The van der Waals surface area contributed by atoms with Crippen molar-refractivity contribution in [2.75, 3.05) is 0 Å². The fourth-order valence-electron chi connectivity index (χ4n) is 3.07. The lowest BCUT2D eigenvalue weighted by Crippen LogP contribution is -2.41. The first-order valence-corrected chi connectivity index (χ1v) is 7.34. The van der Waals surface area contributed by atoms with Crippen LogP contribution in [-0.4, -0.2) is 10.5 Å². The van der Waals surface area contributed by atoms with Crippen LogP contribution in [0.5, 0.6) is 0 Å². The van der Waals surface area contributed by atoms with E-state index in [-0.39, 0.29) is 5.54 Å². The molecule has 0 aliphatic carbocycles. The second-order valence-electron chi connectivity index (χ2n) is 7.49. The van der Waals surface area contributed by atoms with E-state index in [0.29, 0.717) is 5.41 Å². The molecule has 0 aliphatic rings. The molecule has 0 saturated carbocycles. The van der Waals surface area contributed by atoms with E-state index in [4.69, 9.17) is 0 Å². The average Bonchev–Trinajstić information content (AvgIpc) is 2.33. The third kappa shape index (κ3) is 4.04. The fraction of sp³-hybridized carbons (Fsp3) is 0.500. The smallest absolute Gasteiger partial charge is 0.0346 e. The van der Waals surface area contributed by atoms with Gasteiger partial charge in [-0.3, -0.25) is 4.98 Å². The summed E-state index contributed by atoms with van der Waals surface area (Å²) in [6.45, 7) is 12.3. The molecule has 108 valence electrons. The van der Waals surface area contributed by atoms with Crippen LogP contribution in [0.4, 0.5) is 0 Å². The Labute approximate surface area is 122 Å². The Kier molecular flexibility index (Phi) is 4.14. The topological polar surface area (TPSA) is 24.9 Å². The zero-order valence-electron chi connectivity index (χ0n) is 13.3. The van der Waals surface area contributed by atoms with Gasteiger partial charge < -0.3 is 5.32 Å². The highest BCUT2D eigenvalue weighted by atomic mass is 15.0. The van der Waals surface area contributed by atoms with Gasteiger partial charge in [0.25, 0.3) is 0 Å². The summed E-state index contributed by atoms with van der Waals surface area (Å²) in [7, 11) is 0. The molecule has 0 unspecified atom stereocenters. The van der Waals surface area contributed by atoms with Gasteiger partial charge in [-0.05, 0) is 42.7 Å². The van der Waals surface area contributed by atoms with Crippen LogP contribution < -0.4 is 5.32 Å². The van der Waals surface area contributed by atoms with Crippen molar-refractivity contribution in [3.05, 3.63) is 42.2 Å². The molecular formula is C18H26N2. The highest BCUT2D eigenvalue weighted by molar-refractivity contribution is 5.84. The van der Waals surface area contributed by atoms with Crippen LogP contribution in [0, 0.1) is 5.41 Å². The van der Waals surface area contributed by atoms with E-state index in [2.05, 4.69) is 69.2 Å². The van der Waals surface area contributed by atoms with Gasteiger partial charge in [0.1, 0.15) is 0 Å². The quantitative estimate of drug-likeness (QED) is 0.882. The highest BCUT2D eigenvalue weighted by Gasteiger charge is 2.24. The molecule has 0 saturated heterocycles. The molecule has 2 rings (SSSR count). The van der Waals surface area contributed by atoms with Crippen molar-refractivity contribution in [3.63, 3.8) is 0 Å². The Hall–Kier alpha value is -1.41. The molecule has 0 atom stereocenters. The monoisotopic (exact) mass is 270 g/mol. The lowest BCUT2D eigenvalue weighted by atomic mass is 9.81. The number of nitrogens with zero attached hydrogens (tertiary/aromatic N) is 1. The van der Waals surface area contributed by atoms with Gasteiger partial charge in [-0.25, -0.2) is 0 Å². The number of hydrogen-bond donors (Lipinski definition) is 1. The molecule has 1 N–H and O–H groups in total. The Bertz CT molecular complexity index is 574. The number of aromatic nitrogens is 1. The van der Waals surface area contributed by atoms with Crippen LogP contribution in [-0.2, 0) is 6.54 Å². The number of nitrogens with one attached hydrogen (secondary N) is 1. The summed E-state index contributed by atoms with van der Waals surface area (Å²) in [4.78, 5) is 4.19. The van der Waals surface area contributed by atoms with E-state index >= 15 is 0 Å². The standard InChI is InChI=1S/C18H26N2/c1-17(2,3)13-18(4,5)20-12-15-8-6-7-14-11-19-10-9-16(14)15/h6-11,20H,12-13H2,1-5H3. The third-order valence-corrected chi connectivity index (χ3v) is 3.50. The van der Waals surface area contributed by atoms with E-state index in [9.17, 15) is 0 Å². The largest absolute Gasteiger partial charge is 0.308 e. The van der Waals surface area contributed by atoms with Gasteiger partial charge in [-0.15, -0.1) is 0 Å². The minimum absolute atomic E-state index is 0.132. The molecule has 2 aromatic rings. The van der Waals surface area contributed by atoms with Crippen molar-refractivity contribution >= 4 is 10.8 Å². The van der Waals surface area contributed by atoms with Crippen LogP contribution in [0.25, 0.3) is 10.8 Å². The average molecular weight is 270 g/mol. The van der Waals surface area contributed by atoms with E-state index in [0.717, 1.165) is 13.0 Å². The Morgan fingerprint density at radius 2 is 1.80 bits per heavy atom. The maximum Gasteiger partial charge on any atom is 0.0346 e. The first-order chi connectivity index (χ1) is 9.27. The van der Waals surface area contributed by atoms with Gasteiger partial charge in [-0.2, -0.15) is 0 Å². The maximum atomic E-state index is 4.19. The number of benzene rings is 1. The zero-order valence-corrected chi connectivity index (χ0v) is 13.3. The third-order valence-electron chi connectivity index (χ3n) is 3.50. The number of hydrogen-bond acceptors (Lipinski definition) is 2. The molecule has 0 fully saturated rings. The molecule has 0 radical (unpaired) electrons. The predicted molar refractivity (Wildman–Crippen MR) is 86.7 cm³/mol. The predicted octanol–water partition coefficient (Wildman–Crippen LogP) is 4.54. The molecule has 0 spiro atoms. The summed E-state index contributed by atoms with van der Waals surface area (Å²) < 4.78 is 0.